The predicted molar refractivity (Wildman–Crippen MR) is 229 cm³/mol. The van der Waals surface area contributed by atoms with Crippen LogP contribution in [0.25, 0.3) is 38.6 Å². The second-order valence-corrected chi connectivity index (χ2v) is 15.7. The molecule has 10 rings (SSSR count). The molecule has 1 aliphatic heterocycles. The third-order valence-electron chi connectivity index (χ3n) is 12.4. The van der Waals surface area contributed by atoms with Crippen molar-refractivity contribution >= 4 is 38.9 Å². The fourth-order valence-corrected chi connectivity index (χ4v) is 9.86. The Bertz CT molecular complexity index is 2880. The number of nitrogens with zero attached hydrogens (tertiary/aromatic N) is 4. The normalized spacial score (nSPS) is 22.4. The number of hydrogen-bond donors (Lipinski definition) is 0. The first-order chi connectivity index (χ1) is 27.5. The minimum absolute atomic E-state index is 0.0498. The molecule has 0 saturated carbocycles. The van der Waals surface area contributed by atoms with Crippen molar-refractivity contribution in [2.45, 2.75) is 38.0 Å². The van der Waals surface area contributed by atoms with Gasteiger partial charge < -0.3 is 9.47 Å². The molecule has 4 unspecified atom stereocenters. The highest BCUT2D eigenvalue weighted by Crippen LogP contribution is 2.58. The first-order valence-electron chi connectivity index (χ1n) is 19.6. The van der Waals surface area contributed by atoms with Crippen molar-refractivity contribution < 1.29 is 0 Å². The molecule has 1 aromatic heterocycles. The van der Waals surface area contributed by atoms with Crippen LogP contribution in [0.1, 0.15) is 49.3 Å². The Hall–Kier alpha value is -6.88. The molecule has 3 aliphatic carbocycles. The number of hydrogen-bond acceptors (Lipinski definition) is 3. The highest BCUT2D eigenvalue weighted by molar-refractivity contribution is 6.15. The largest absolute Gasteiger partial charge is 0.313 e. The van der Waals surface area contributed by atoms with E-state index in [0.29, 0.717) is 11.5 Å². The van der Waals surface area contributed by atoms with Crippen molar-refractivity contribution in [2.75, 3.05) is 4.90 Å². The molecule has 56 heavy (non-hydrogen) atoms. The highest BCUT2D eigenvalue weighted by Gasteiger charge is 2.47. The number of aromatic nitrogens is 1. The molecule has 5 aromatic carbocycles. The molecule has 268 valence electrons. The van der Waals surface area contributed by atoms with Gasteiger partial charge in [0, 0.05) is 45.0 Å². The molecule has 2 heterocycles. The molecule has 0 amide bonds. The smallest absolute Gasteiger partial charge is 0.101 e. The molecule has 4 nitrogen and oxygen atoms in total. The van der Waals surface area contributed by atoms with Gasteiger partial charge in [0.05, 0.1) is 39.6 Å². The monoisotopic (exact) mass is 720 g/mol. The van der Waals surface area contributed by atoms with Crippen molar-refractivity contribution in [3.8, 4) is 23.3 Å². The second kappa shape index (κ2) is 13.2. The van der Waals surface area contributed by atoms with E-state index < -0.39 is 0 Å². The van der Waals surface area contributed by atoms with E-state index >= 15 is 0 Å². The maximum absolute atomic E-state index is 10.4. The molecule has 0 spiro atoms. The minimum Gasteiger partial charge on any atom is -0.313 e. The van der Waals surface area contributed by atoms with Crippen molar-refractivity contribution in [1.29, 1.82) is 10.5 Å². The lowest BCUT2D eigenvalue weighted by Crippen LogP contribution is -2.31. The van der Waals surface area contributed by atoms with Crippen LogP contribution in [0.5, 0.6) is 0 Å². The van der Waals surface area contributed by atoms with Gasteiger partial charge >= 0.3 is 0 Å². The van der Waals surface area contributed by atoms with Gasteiger partial charge in [0.25, 0.3) is 0 Å². The number of nitriles is 2. The molecule has 4 atom stereocenters. The van der Waals surface area contributed by atoms with Gasteiger partial charge in [-0.2, -0.15) is 10.5 Å². The van der Waals surface area contributed by atoms with Gasteiger partial charge in [-0.3, -0.25) is 0 Å². The molecule has 0 fully saturated rings. The first kappa shape index (κ1) is 33.7. The minimum atomic E-state index is -0.225. The molecular weight excluding hydrogens is 681 g/mol. The van der Waals surface area contributed by atoms with E-state index in [-0.39, 0.29) is 17.3 Å². The zero-order valence-corrected chi connectivity index (χ0v) is 31.5. The van der Waals surface area contributed by atoms with Crippen LogP contribution in [0.4, 0.5) is 11.4 Å². The summed E-state index contributed by atoms with van der Waals surface area (Å²) in [6, 6.07) is 45.8. The summed E-state index contributed by atoms with van der Waals surface area (Å²) in [5, 5.41) is 22.4. The summed E-state index contributed by atoms with van der Waals surface area (Å²) in [5.74, 6) is 0.433. The summed E-state index contributed by atoms with van der Waals surface area (Å²) in [7, 11) is 0. The van der Waals surface area contributed by atoms with Crippen LogP contribution >= 0.6 is 0 Å². The number of fused-ring (bicyclic) bond motifs is 6. The molecular formula is C52H40N4. The van der Waals surface area contributed by atoms with Crippen LogP contribution in [-0.2, 0) is 5.41 Å². The van der Waals surface area contributed by atoms with Crippen LogP contribution < -0.4 is 4.90 Å². The lowest BCUT2D eigenvalue weighted by Gasteiger charge is -2.38. The summed E-state index contributed by atoms with van der Waals surface area (Å²) < 4.78 is 2.35. The molecule has 4 aliphatic rings. The van der Waals surface area contributed by atoms with Crippen molar-refractivity contribution in [3.05, 3.63) is 197 Å². The predicted octanol–water partition coefficient (Wildman–Crippen LogP) is 12.8. The number of anilines is 2. The quantitative estimate of drug-likeness (QED) is 0.178. The Morgan fingerprint density at radius 1 is 0.732 bits per heavy atom. The lowest BCUT2D eigenvalue weighted by molar-refractivity contribution is 0.548. The summed E-state index contributed by atoms with van der Waals surface area (Å²) in [6.07, 6.45) is 20.0. The van der Waals surface area contributed by atoms with Crippen LogP contribution in [0, 0.1) is 34.5 Å². The SMILES string of the molecule is CC1C=C(n2c3ccccc3c3cccc(-c4ccccc4C4C=CC=CC4C4=C5N(c6ccc(C#N)cc6)c6ccccc6C5(C)CC=C4)c32)C(C#N)=CC1. The maximum atomic E-state index is 10.4. The average molecular weight is 721 g/mol. The van der Waals surface area contributed by atoms with E-state index in [1.807, 2.05) is 12.1 Å². The van der Waals surface area contributed by atoms with E-state index in [4.69, 9.17) is 0 Å². The number of para-hydroxylation sites is 3. The molecule has 6 aromatic rings. The van der Waals surface area contributed by atoms with Gasteiger partial charge in [-0.25, -0.2) is 0 Å². The van der Waals surface area contributed by atoms with Crippen molar-refractivity contribution in [1.82, 2.24) is 4.57 Å². The number of allylic oxidation sites excluding steroid dienone is 12. The second-order valence-electron chi connectivity index (χ2n) is 15.7. The molecule has 0 radical (unpaired) electrons. The van der Waals surface area contributed by atoms with Gasteiger partial charge in [-0.1, -0.05) is 134 Å². The maximum Gasteiger partial charge on any atom is 0.101 e. The Kier molecular flexibility index (Phi) is 7.91. The van der Waals surface area contributed by atoms with E-state index in [1.165, 1.54) is 44.4 Å². The van der Waals surface area contributed by atoms with E-state index in [1.54, 1.807) is 0 Å². The summed E-state index contributed by atoms with van der Waals surface area (Å²) >= 11 is 0. The third kappa shape index (κ3) is 5.03. The molecule has 0 N–H and O–H groups in total. The fourth-order valence-electron chi connectivity index (χ4n) is 9.86. The van der Waals surface area contributed by atoms with Gasteiger partial charge in [-0.15, -0.1) is 0 Å². The van der Waals surface area contributed by atoms with Gasteiger partial charge in [0.15, 0.2) is 0 Å². The molecule has 0 bridgehead atoms. The Balaban J connectivity index is 1.18. The van der Waals surface area contributed by atoms with Gasteiger partial charge in [-0.05, 0) is 84.3 Å². The lowest BCUT2D eigenvalue weighted by atomic mass is 9.69. The summed E-state index contributed by atoms with van der Waals surface area (Å²) in [6.45, 7) is 4.62. The van der Waals surface area contributed by atoms with Crippen molar-refractivity contribution in [3.63, 3.8) is 0 Å². The zero-order valence-electron chi connectivity index (χ0n) is 31.5. The van der Waals surface area contributed by atoms with Gasteiger partial charge in [0.2, 0.25) is 0 Å². The Morgan fingerprint density at radius 2 is 1.46 bits per heavy atom. The van der Waals surface area contributed by atoms with Crippen LogP contribution in [-0.4, -0.2) is 4.57 Å². The van der Waals surface area contributed by atoms with Crippen LogP contribution in [0.3, 0.4) is 0 Å². The van der Waals surface area contributed by atoms with Gasteiger partial charge in [0.1, 0.15) is 6.07 Å². The van der Waals surface area contributed by atoms with E-state index in [2.05, 4.69) is 187 Å². The third-order valence-corrected chi connectivity index (χ3v) is 12.4. The molecule has 4 heteroatoms. The summed E-state index contributed by atoms with van der Waals surface area (Å²) in [5.41, 5.74) is 14.1. The number of rotatable bonds is 5. The van der Waals surface area contributed by atoms with E-state index in [9.17, 15) is 10.5 Å². The first-order valence-corrected chi connectivity index (χ1v) is 19.6. The number of benzene rings is 5. The molecule has 0 saturated heterocycles. The topological polar surface area (TPSA) is 55.8 Å². The van der Waals surface area contributed by atoms with E-state index in [0.717, 1.165) is 46.4 Å². The average Bonchev–Trinajstić information content (AvgIpc) is 3.73. The Morgan fingerprint density at radius 3 is 2.30 bits per heavy atom. The summed E-state index contributed by atoms with van der Waals surface area (Å²) in [4.78, 5) is 2.45. The fraction of sp³-hybridized carbons (Fsp3) is 0.154. The standard InChI is InChI=1S/C52H40N4/c1-34-24-27-36(33-54)49(31-34)56-47-22-9-7-17-42(47)44-19-11-18-43(50(44)56)40-15-5-3-13-38(40)39-14-4-6-16-41(39)45-20-12-30-52(2)46-21-8-10-23-48(46)55(51(45)52)37-28-25-35(32-53)26-29-37/h3-23,25-29,31,34,39,41H,24,30H2,1-2H3. The van der Waals surface area contributed by atoms with Crippen LogP contribution in [0.15, 0.2) is 181 Å². The van der Waals surface area contributed by atoms with Crippen LogP contribution in [0.2, 0.25) is 0 Å². The zero-order chi connectivity index (χ0) is 38.0. The Labute approximate surface area is 328 Å². The van der Waals surface area contributed by atoms with Crippen molar-refractivity contribution in [2.24, 2.45) is 11.8 Å². The highest BCUT2D eigenvalue weighted by atomic mass is 15.2.